The number of aromatic nitrogens is 2. The molecule has 0 amide bonds. The van der Waals surface area contributed by atoms with Crippen LogP contribution >= 0.6 is 0 Å². The molecule has 1 heterocycles. The molecule has 0 unspecified atom stereocenters. The highest BCUT2D eigenvalue weighted by Crippen LogP contribution is 2.25. The van der Waals surface area contributed by atoms with Crippen LogP contribution in [0.2, 0.25) is 0 Å². The van der Waals surface area contributed by atoms with Gasteiger partial charge in [-0.25, -0.2) is 22.7 Å². The fourth-order valence-electron chi connectivity index (χ4n) is 2.75. The Bertz CT molecular complexity index is 1070. The highest BCUT2D eigenvalue weighted by molar-refractivity contribution is 5.48. The standard InChI is InChI=1S/C19H15F2N3O2/c20-12-1-7-15(8-2-12)23-17(22-14-5-6-14)11-18(25)24(19(23)26)16-9-3-13(21)4-10-16/h1-4,7-11,14,22H,5-6H2. The molecule has 2 aromatic carbocycles. The summed E-state index contributed by atoms with van der Waals surface area (Å²) in [5.41, 5.74) is -0.451. The van der Waals surface area contributed by atoms with Crippen LogP contribution in [0.5, 0.6) is 0 Å². The molecule has 0 aliphatic heterocycles. The summed E-state index contributed by atoms with van der Waals surface area (Å²) in [6.07, 6.45) is 1.91. The van der Waals surface area contributed by atoms with Crippen molar-refractivity contribution >= 4 is 5.82 Å². The minimum Gasteiger partial charge on any atom is -0.368 e. The number of nitrogens with one attached hydrogen (secondary N) is 1. The van der Waals surface area contributed by atoms with E-state index in [9.17, 15) is 18.4 Å². The summed E-state index contributed by atoms with van der Waals surface area (Å²) in [4.78, 5) is 25.6. The van der Waals surface area contributed by atoms with E-state index >= 15 is 0 Å². The first kappa shape index (κ1) is 16.3. The molecule has 132 valence electrons. The molecule has 1 fully saturated rings. The van der Waals surface area contributed by atoms with Crippen molar-refractivity contribution in [2.24, 2.45) is 0 Å². The third kappa shape index (κ3) is 3.03. The number of nitrogens with zero attached hydrogens (tertiary/aromatic N) is 2. The van der Waals surface area contributed by atoms with Gasteiger partial charge in [0.1, 0.15) is 17.5 Å². The van der Waals surface area contributed by atoms with Crippen LogP contribution in [0.1, 0.15) is 12.8 Å². The lowest BCUT2D eigenvalue weighted by Gasteiger charge is -2.16. The normalized spacial score (nSPS) is 13.6. The Labute approximate surface area is 147 Å². The summed E-state index contributed by atoms with van der Waals surface area (Å²) in [5.74, 6) is -0.537. The average Bonchev–Trinajstić information content (AvgIpc) is 3.42. The fraction of sp³-hybridized carbons (Fsp3) is 0.158. The molecule has 1 aliphatic carbocycles. The van der Waals surface area contributed by atoms with Crippen LogP contribution in [0.4, 0.5) is 14.6 Å². The molecular weight excluding hydrogens is 340 g/mol. The van der Waals surface area contributed by atoms with E-state index in [1.165, 1.54) is 59.2 Å². The maximum absolute atomic E-state index is 13.3. The SMILES string of the molecule is O=c1cc(NC2CC2)n(-c2ccc(F)cc2)c(=O)n1-c1ccc(F)cc1. The average molecular weight is 355 g/mol. The fourth-order valence-corrected chi connectivity index (χ4v) is 2.75. The summed E-state index contributed by atoms with van der Waals surface area (Å²) in [7, 11) is 0. The van der Waals surface area contributed by atoms with Crippen molar-refractivity contribution in [2.45, 2.75) is 18.9 Å². The molecule has 0 bridgehead atoms. The smallest absolute Gasteiger partial charge is 0.341 e. The van der Waals surface area contributed by atoms with Gasteiger partial charge in [0, 0.05) is 12.1 Å². The molecule has 7 heteroatoms. The van der Waals surface area contributed by atoms with Crippen LogP contribution in [-0.2, 0) is 0 Å². The summed E-state index contributed by atoms with van der Waals surface area (Å²) < 4.78 is 28.7. The van der Waals surface area contributed by atoms with Crippen molar-refractivity contribution < 1.29 is 8.78 Å². The Hall–Kier alpha value is -3.22. The third-order valence-electron chi connectivity index (χ3n) is 4.20. The number of anilines is 1. The van der Waals surface area contributed by atoms with Gasteiger partial charge >= 0.3 is 5.69 Å². The quantitative estimate of drug-likeness (QED) is 0.783. The Morgan fingerprint density at radius 3 is 1.81 bits per heavy atom. The molecule has 1 N–H and O–H groups in total. The molecule has 0 radical (unpaired) electrons. The van der Waals surface area contributed by atoms with Gasteiger partial charge in [-0.15, -0.1) is 0 Å². The predicted molar refractivity (Wildman–Crippen MR) is 94.2 cm³/mol. The van der Waals surface area contributed by atoms with Crippen molar-refractivity contribution in [3.63, 3.8) is 0 Å². The monoisotopic (exact) mass is 355 g/mol. The Morgan fingerprint density at radius 1 is 0.808 bits per heavy atom. The molecule has 3 aromatic rings. The third-order valence-corrected chi connectivity index (χ3v) is 4.20. The van der Waals surface area contributed by atoms with E-state index in [2.05, 4.69) is 5.32 Å². The lowest BCUT2D eigenvalue weighted by Crippen LogP contribution is -2.39. The van der Waals surface area contributed by atoms with Crippen LogP contribution in [0.25, 0.3) is 11.4 Å². The number of halogens is 2. The van der Waals surface area contributed by atoms with Gasteiger partial charge in [0.2, 0.25) is 0 Å². The number of benzene rings is 2. The Kier molecular flexibility index (Phi) is 3.91. The van der Waals surface area contributed by atoms with E-state index in [1.54, 1.807) is 0 Å². The van der Waals surface area contributed by atoms with Gasteiger partial charge in [0.05, 0.1) is 11.4 Å². The van der Waals surface area contributed by atoms with E-state index in [0.29, 0.717) is 11.5 Å². The maximum atomic E-state index is 13.3. The summed E-state index contributed by atoms with van der Waals surface area (Å²) >= 11 is 0. The molecule has 1 aliphatic rings. The van der Waals surface area contributed by atoms with E-state index < -0.39 is 22.9 Å². The summed E-state index contributed by atoms with van der Waals surface area (Å²) in [6, 6.07) is 12.0. The van der Waals surface area contributed by atoms with Gasteiger partial charge in [-0.3, -0.25) is 4.79 Å². The maximum Gasteiger partial charge on any atom is 0.341 e. The highest BCUT2D eigenvalue weighted by atomic mass is 19.1. The first-order chi connectivity index (χ1) is 12.5. The largest absolute Gasteiger partial charge is 0.368 e. The molecule has 5 nitrogen and oxygen atoms in total. The lowest BCUT2D eigenvalue weighted by molar-refractivity contribution is 0.626. The molecule has 0 atom stereocenters. The zero-order valence-electron chi connectivity index (χ0n) is 13.7. The number of rotatable bonds is 4. The van der Waals surface area contributed by atoms with Crippen molar-refractivity contribution in [1.82, 2.24) is 9.13 Å². The number of hydrogen-bond donors (Lipinski definition) is 1. The molecule has 4 rings (SSSR count). The number of hydrogen-bond acceptors (Lipinski definition) is 3. The van der Waals surface area contributed by atoms with Crippen molar-refractivity contribution in [1.29, 1.82) is 0 Å². The second-order valence-electron chi connectivity index (χ2n) is 6.19. The highest BCUT2D eigenvalue weighted by Gasteiger charge is 2.24. The predicted octanol–water partition coefficient (Wildman–Crippen LogP) is 2.84. The van der Waals surface area contributed by atoms with Gasteiger partial charge in [0.25, 0.3) is 5.56 Å². The molecule has 1 aromatic heterocycles. The first-order valence-electron chi connectivity index (χ1n) is 8.20. The van der Waals surface area contributed by atoms with Crippen molar-refractivity contribution in [3.05, 3.63) is 87.1 Å². The van der Waals surface area contributed by atoms with Gasteiger partial charge in [0.15, 0.2) is 0 Å². The van der Waals surface area contributed by atoms with Crippen molar-refractivity contribution in [2.75, 3.05) is 5.32 Å². The van der Waals surface area contributed by atoms with Gasteiger partial charge in [-0.1, -0.05) is 0 Å². The second kappa shape index (κ2) is 6.25. The molecular formula is C19H15F2N3O2. The Balaban J connectivity index is 1.95. The zero-order chi connectivity index (χ0) is 18.3. The van der Waals surface area contributed by atoms with E-state index in [-0.39, 0.29) is 11.7 Å². The van der Waals surface area contributed by atoms with E-state index in [0.717, 1.165) is 17.4 Å². The van der Waals surface area contributed by atoms with E-state index in [4.69, 9.17) is 0 Å². The van der Waals surface area contributed by atoms with Crippen LogP contribution in [0.15, 0.2) is 64.2 Å². The molecule has 1 saturated carbocycles. The van der Waals surface area contributed by atoms with Gasteiger partial charge < -0.3 is 5.32 Å². The zero-order valence-corrected chi connectivity index (χ0v) is 13.7. The van der Waals surface area contributed by atoms with Crippen LogP contribution in [0.3, 0.4) is 0 Å². The Morgan fingerprint density at radius 2 is 1.31 bits per heavy atom. The topological polar surface area (TPSA) is 56.0 Å². The minimum absolute atomic E-state index is 0.210. The summed E-state index contributed by atoms with van der Waals surface area (Å²) in [6.45, 7) is 0. The first-order valence-corrected chi connectivity index (χ1v) is 8.20. The van der Waals surface area contributed by atoms with Crippen LogP contribution < -0.4 is 16.6 Å². The van der Waals surface area contributed by atoms with Gasteiger partial charge in [-0.05, 0) is 61.4 Å². The lowest BCUT2D eigenvalue weighted by atomic mass is 10.3. The molecule has 0 spiro atoms. The van der Waals surface area contributed by atoms with E-state index in [1.807, 2.05) is 0 Å². The second-order valence-corrected chi connectivity index (χ2v) is 6.19. The van der Waals surface area contributed by atoms with Crippen LogP contribution in [-0.4, -0.2) is 15.2 Å². The minimum atomic E-state index is -0.612. The molecule has 0 saturated heterocycles. The van der Waals surface area contributed by atoms with Crippen molar-refractivity contribution in [3.8, 4) is 11.4 Å². The van der Waals surface area contributed by atoms with Crippen LogP contribution in [0, 0.1) is 11.6 Å². The molecule has 26 heavy (non-hydrogen) atoms. The van der Waals surface area contributed by atoms with Gasteiger partial charge in [-0.2, -0.15) is 0 Å². The summed E-state index contributed by atoms with van der Waals surface area (Å²) in [5, 5.41) is 3.16.